The van der Waals surface area contributed by atoms with Crippen LogP contribution in [-0.2, 0) is 30.6 Å². The van der Waals surface area contributed by atoms with Crippen LogP contribution in [0, 0.1) is 0 Å². The van der Waals surface area contributed by atoms with Gasteiger partial charge in [0, 0.05) is 23.1 Å². The molecule has 0 fully saturated rings. The second-order valence-corrected chi connectivity index (χ2v) is 6.75. The van der Waals surface area contributed by atoms with Gasteiger partial charge in [-0.25, -0.2) is 0 Å². The maximum atomic E-state index is 12.3. The third kappa shape index (κ3) is 3.20. The van der Waals surface area contributed by atoms with Crippen molar-refractivity contribution in [3.63, 3.8) is 0 Å². The Balaban J connectivity index is 1.44. The normalized spacial score (nSPS) is 12.9. The molecule has 2 aromatic carbocycles. The lowest BCUT2D eigenvalue weighted by atomic mass is 10.0. The number of furan rings is 1. The Bertz CT molecular complexity index is 1000. The molecular weight excluding hydrogens is 328 g/mol. The average Bonchev–Trinajstić information content (AvgIpc) is 3.25. The van der Waals surface area contributed by atoms with E-state index in [2.05, 4.69) is 17.4 Å². The first-order valence-corrected chi connectivity index (χ1v) is 8.77. The van der Waals surface area contributed by atoms with Gasteiger partial charge in [-0.05, 0) is 60.2 Å². The Morgan fingerprint density at radius 2 is 1.92 bits per heavy atom. The predicted octanol–water partition coefficient (Wildman–Crippen LogP) is 2.88. The topological polar surface area (TPSA) is 85.3 Å². The lowest BCUT2D eigenvalue weighted by molar-refractivity contribution is -0.120. The van der Waals surface area contributed by atoms with Crippen LogP contribution < -0.4 is 11.1 Å². The Hall–Kier alpha value is -3.08. The molecule has 132 valence electrons. The molecule has 0 saturated heterocycles. The van der Waals surface area contributed by atoms with Crippen LogP contribution in [0.1, 0.15) is 39.0 Å². The number of nitrogens with two attached hydrogens (primary N) is 1. The van der Waals surface area contributed by atoms with Gasteiger partial charge in [-0.3, -0.25) is 9.59 Å². The van der Waals surface area contributed by atoms with Crippen molar-refractivity contribution in [1.82, 2.24) is 5.32 Å². The number of aryl methyl sites for hydroxylation is 2. The zero-order valence-electron chi connectivity index (χ0n) is 14.4. The van der Waals surface area contributed by atoms with Crippen molar-refractivity contribution < 1.29 is 14.0 Å². The van der Waals surface area contributed by atoms with Crippen LogP contribution >= 0.6 is 0 Å². The molecule has 3 aromatic rings. The number of fused-ring (bicyclic) bond motifs is 2. The zero-order valence-corrected chi connectivity index (χ0v) is 14.4. The van der Waals surface area contributed by atoms with Gasteiger partial charge in [0.1, 0.15) is 5.58 Å². The molecule has 26 heavy (non-hydrogen) atoms. The summed E-state index contributed by atoms with van der Waals surface area (Å²) in [5.74, 6) is -0.562. The molecular formula is C21H20N2O3. The van der Waals surface area contributed by atoms with Crippen LogP contribution in [0.4, 0.5) is 0 Å². The van der Waals surface area contributed by atoms with E-state index in [1.165, 1.54) is 17.5 Å². The fourth-order valence-electron chi connectivity index (χ4n) is 3.56. The lowest BCUT2D eigenvalue weighted by Crippen LogP contribution is -2.24. The van der Waals surface area contributed by atoms with Crippen molar-refractivity contribution in [1.29, 1.82) is 0 Å². The molecule has 0 radical (unpaired) electrons. The van der Waals surface area contributed by atoms with Crippen LogP contribution in [0.15, 0.2) is 47.1 Å². The Labute approximate surface area is 151 Å². The van der Waals surface area contributed by atoms with Crippen molar-refractivity contribution >= 4 is 22.8 Å². The van der Waals surface area contributed by atoms with Gasteiger partial charge in [0.05, 0.1) is 12.7 Å². The molecule has 1 aliphatic carbocycles. The van der Waals surface area contributed by atoms with Crippen LogP contribution in [0.2, 0.25) is 0 Å². The van der Waals surface area contributed by atoms with Gasteiger partial charge in [-0.1, -0.05) is 12.1 Å². The number of rotatable bonds is 5. The highest BCUT2D eigenvalue weighted by Gasteiger charge is 2.16. The van der Waals surface area contributed by atoms with Crippen LogP contribution in [-0.4, -0.2) is 11.8 Å². The number of benzene rings is 2. The standard InChI is InChI=1S/C21H20N2O3/c22-21(25)16-6-1-3-13(7-16)11-23-20(24)10-17-12-26-19-9-15-5-2-4-14(15)8-18(17)19/h1,3,6-9,12H,2,4-5,10-11H2,(H2,22,25)(H,23,24). The highest BCUT2D eigenvalue weighted by Crippen LogP contribution is 2.30. The number of carbonyl (C=O) groups excluding carboxylic acids is 2. The monoisotopic (exact) mass is 348 g/mol. The molecule has 1 aromatic heterocycles. The first kappa shape index (κ1) is 16.4. The third-order valence-electron chi connectivity index (χ3n) is 4.92. The van der Waals surface area contributed by atoms with E-state index >= 15 is 0 Å². The van der Waals surface area contributed by atoms with Crippen LogP contribution in [0.3, 0.4) is 0 Å². The molecule has 4 rings (SSSR count). The molecule has 5 heteroatoms. The number of amides is 2. The SMILES string of the molecule is NC(=O)c1cccc(CNC(=O)Cc2coc3cc4c(cc23)CCC4)c1. The van der Waals surface area contributed by atoms with Gasteiger partial charge in [-0.2, -0.15) is 0 Å². The molecule has 1 aliphatic rings. The van der Waals surface area contributed by atoms with Gasteiger partial charge >= 0.3 is 0 Å². The summed E-state index contributed by atoms with van der Waals surface area (Å²) in [7, 11) is 0. The number of hydrogen-bond donors (Lipinski definition) is 2. The van der Waals surface area contributed by atoms with Gasteiger partial charge in [-0.15, -0.1) is 0 Å². The minimum absolute atomic E-state index is 0.0855. The van der Waals surface area contributed by atoms with Gasteiger partial charge in [0.2, 0.25) is 11.8 Å². The minimum atomic E-state index is -0.476. The second-order valence-electron chi connectivity index (χ2n) is 6.75. The molecule has 2 amide bonds. The van der Waals surface area contributed by atoms with E-state index in [9.17, 15) is 9.59 Å². The lowest BCUT2D eigenvalue weighted by Gasteiger charge is -2.06. The van der Waals surface area contributed by atoms with E-state index in [1.807, 2.05) is 6.07 Å². The summed E-state index contributed by atoms with van der Waals surface area (Å²) in [4.78, 5) is 23.6. The summed E-state index contributed by atoms with van der Waals surface area (Å²) >= 11 is 0. The minimum Gasteiger partial charge on any atom is -0.464 e. The Morgan fingerprint density at radius 3 is 2.73 bits per heavy atom. The first-order chi connectivity index (χ1) is 12.6. The van der Waals surface area contributed by atoms with E-state index in [0.29, 0.717) is 12.1 Å². The highest BCUT2D eigenvalue weighted by molar-refractivity contribution is 5.93. The molecule has 3 N–H and O–H groups in total. The van der Waals surface area contributed by atoms with Crippen LogP contribution in [0.5, 0.6) is 0 Å². The molecule has 0 bridgehead atoms. The molecule has 0 atom stereocenters. The number of carbonyl (C=O) groups is 2. The quantitative estimate of drug-likeness (QED) is 0.743. The van der Waals surface area contributed by atoms with Crippen molar-refractivity contribution in [2.45, 2.75) is 32.2 Å². The molecule has 0 spiro atoms. The fourth-order valence-corrected chi connectivity index (χ4v) is 3.56. The highest BCUT2D eigenvalue weighted by atomic mass is 16.3. The maximum absolute atomic E-state index is 12.3. The van der Waals surface area contributed by atoms with Crippen molar-refractivity contribution in [2.24, 2.45) is 5.73 Å². The summed E-state index contributed by atoms with van der Waals surface area (Å²) in [6.07, 6.45) is 5.32. The molecule has 1 heterocycles. The molecule has 0 saturated carbocycles. The van der Waals surface area contributed by atoms with Gasteiger partial charge in [0.25, 0.3) is 0 Å². The van der Waals surface area contributed by atoms with Crippen molar-refractivity contribution in [2.75, 3.05) is 0 Å². The van der Waals surface area contributed by atoms with Crippen LogP contribution in [0.25, 0.3) is 11.0 Å². The Morgan fingerprint density at radius 1 is 1.12 bits per heavy atom. The van der Waals surface area contributed by atoms with Gasteiger partial charge in [0.15, 0.2) is 0 Å². The fraction of sp³-hybridized carbons (Fsp3) is 0.238. The molecule has 0 unspecified atom stereocenters. The predicted molar refractivity (Wildman–Crippen MR) is 98.7 cm³/mol. The van der Waals surface area contributed by atoms with E-state index in [4.69, 9.17) is 10.2 Å². The summed E-state index contributed by atoms with van der Waals surface area (Å²) in [6, 6.07) is 11.2. The number of hydrogen-bond acceptors (Lipinski definition) is 3. The maximum Gasteiger partial charge on any atom is 0.248 e. The smallest absolute Gasteiger partial charge is 0.248 e. The summed E-state index contributed by atoms with van der Waals surface area (Å²) < 4.78 is 5.65. The summed E-state index contributed by atoms with van der Waals surface area (Å²) in [6.45, 7) is 0.352. The van der Waals surface area contributed by atoms with E-state index in [0.717, 1.165) is 34.9 Å². The zero-order chi connectivity index (χ0) is 18.1. The average molecular weight is 348 g/mol. The molecule has 0 aliphatic heterocycles. The number of nitrogens with one attached hydrogen (secondary N) is 1. The first-order valence-electron chi connectivity index (χ1n) is 8.77. The van der Waals surface area contributed by atoms with Crippen molar-refractivity contribution in [3.8, 4) is 0 Å². The van der Waals surface area contributed by atoms with E-state index in [-0.39, 0.29) is 12.3 Å². The van der Waals surface area contributed by atoms with Gasteiger partial charge < -0.3 is 15.5 Å². The largest absolute Gasteiger partial charge is 0.464 e. The van der Waals surface area contributed by atoms with E-state index < -0.39 is 5.91 Å². The Kier molecular flexibility index (Phi) is 4.21. The second kappa shape index (κ2) is 6.67. The summed E-state index contributed by atoms with van der Waals surface area (Å²) in [5.41, 5.74) is 11.0. The van der Waals surface area contributed by atoms with E-state index in [1.54, 1.807) is 24.5 Å². The van der Waals surface area contributed by atoms with Crippen molar-refractivity contribution in [3.05, 3.63) is 70.5 Å². The number of primary amides is 1. The molecule has 5 nitrogen and oxygen atoms in total. The summed E-state index contributed by atoms with van der Waals surface area (Å²) in [5, 5.41) is 3.91. The third-order valence-corrected chi connectivity index (χ3v) is 4.92.